The molecule has 4 heterocycles. The zero-order valence-corrected chi connectivity index (χ0v) is 22.6. The normalized spacial score (nSPS) is 21.3. The molecule has 2 aromatic heterocycles. The molecule has 0 saturated carbocycles. The molecule has 0 aliphatic carbocycles. The molecule has 0 radical (unpaired) electrons. The Labute approximate surface area is 216 Å². The van der Waals surface area contributed by atoms with Crippen molar-refractivity contribution in [3.63, 3.8) is 0 Å². The minimum absolute atomic E-state index is 0.118. The topological polar surface area (TPSA) is 122 Å². The molecule has 11 nitrogen and oxygen atoms in total. The van der Waals surface area contributed by atoms with Gasteiger partial charge < -0.3 is 19.4 Å². The molecular formula is C25H34N6O5S. The molecule has 37 heavy (non-hydrogen) atoms. The van der Waals surface area contributed by atoms with Crippen LogP contribution in [0.1, 0.15) is 38.2 Å². The van der Waals surface area contributed by atoms with E-state index in [1.54, 1.807) is 23.6 Å². The first-order valence-electron chi connectivity index (χ1n) is 12.8. The summed E-state index contributed by atoms with van der Waals surface area (Å²) in [7, 11) is -1.81. The van der Waals surface area contributed by atoms with Crippen molar-refractivity contribution in [3.05, 3.63) is 40.1 Å². The zero-order chi connectivity index (χ0) is 26.4. The second-order valence-corrected chi connectivity index (χ2v) is 11.8. The van der Waals surface area contributed by atoms with Crippen LogP contribution in [0.3, 0.4) is 0 Å². The second-order valence-electron chi connectivity index (χ2n) is 9.88. The minimum atomic E-state index is -3.83. The number of likely N-dealkylation sites (N-methyl/N-ethyl adjacent to an activating group) is 1. The van der Waals surface area contributed by atoms with Gasteiger partial charge in [0.2, 0.25) is 10.0 Å². The summed E-state index contributed by atoms with van der Waals surface area (Å²) in [6.07, 6.45) is 2.29. The Balaban J connectivity index is 1.58. The number of likely N-dealkylation sites (tertiary alicyclic amines) is 1. The number of ether oxygens (including phenoxy) is 2. The van der Waals surface area contributed by atoms with Crippen LogP contribution in [0.5, 0.6) is 5.75 Å². The van der Waals surface area contributed by atoms with E-state index in [1.165, 1.54) is 10.4 Å². The Bertz CT molecular complexity index is 1480. The summed E-state index contributed by atoms with van der Waals surface area (Å²) >= 11 is 0. The predicted octanol–water partition coefficient (Wildman–Crippen LogP) is 1.84. The third-order valence-electron chi connectivity index (χ3n) is 7.08. The van der Waals surface area contributed by atoms with Gasteiger partial charge in [0.05, 0.1) is 35.0 Å². The summed E-state index contributed by atoms with van der Waals surface area (Å²) in [5.74, 6) is 1.35. The molecular weight excluding hydrogens is 496 g/mol. The van der Waals surface area contributed by atoms with E-state index in [-0.39, 0.29) is 22.8 Å². The Morgan fingerprint density at radius 3 is 2.73 bits per heavy atom. The molecule has 2 fully saturated rings. The average molecular weight is 531 g/mol. The van der Waals surface area contributed by atoms with Crippen molar-refractivity contribution in [1.82, 2.24) is 28.8 Å². The summed E-state index contributed by atoms with van der Waals surface area (Å²) < 4.78 is 42.5. The van der Waals surface area contributed by atoms with Crippen LogP contribution >= 0.6 is 0 Å². The van der Waals surface area contributed by atoms with Crippen LogP contribution in [0.4, 0.5) is 0 Å². The minimum Gasteiger partial charge on any atom is -0.493 e. The molecule has 1 N–H and O–H groups in total. The fourth-order valence-corrected chi connectivity index (χ4v) is 6.86. The standard InChI is InChI=1S/C25H34N6O5S/c1-5-7-21-26-17(3)22-24(32)27-23(28-31(21)22)19-14-18(8-9-20(19)35-6-2)37(33,34)30-12-13-36-25(16-30)10-11-29(4)15-25/h8-9,14H,5-7,10-13,15-16H2,1-4H3,(H,27,28,32). The number of aromatic nitrogens is 4. The lowest BCUT2D eigenvalue weighted by Crippen LogP contribution is -2.54. The molecule has 0 bridgehead atoms. The number of fused-ring (bicyclic) bond motifs is 1. The van der Waals surface area contributed by atoms with Crippen LogP contribution < -0.4 is 10.3 Å². The van der Waals surface area contributed by atoms with Gasteiger partial charge in [-0.3, -0.25) is 4.79 Å². The lowest BCUT2D eigenvalue weighted by atomic mass is 10.0. The van der Waals surface area contributed by atoms with Crippen molar-refractivity contribution >= 4 is 15.5 Å². The summed E-state index contributed by atoms with van der Waals surface area (Å²) in [5, 5.41) is 4.68. The van der Waals surface area contributed by atoms with Crippen molar-refractivity contribution in [1.29, 1.82) is 0 Å². The highest BCUT2D eigenvalue weighted by Gasteiger charge is 2.45. The van der Waals surface area contributed by atoms with Gasteiger partial charge in [-0.25, -0.2) is 17.9 Å². The second kappa shape index (κ2) is 9.82. The van der Waals surface area contributed by atoms with Crippen LogP contribution in [-0.2, 0) is 21.2 Å². The summed E-state index contributed by atoms with van der Waals surface area (Å²) in [5.41, 5.74) is 0.562. The lowest BCUT2D eigenvalue weighted by molar-refractivity contribution is -0.0799. The smallest absolute Gasteiger partial charge is 0.277 e. The SMILES string of the molecule is CCCc1nc(C)c2c(=O)[nH]c(-c3cc(S(=O)(=O)N4CCOC5(CCN(C)C5)C4)ccc3OCC)nn12. The molecule has 200 valence electrons. The van der Waals surface area contributed by atoms with Gasteiger partial charge in [-0.05, 0) is 51.9 Å². The van der Waals surface area contributed by atoms with Crippen LogP contribution in [0.25, 0.3) is 16.9 Å². The molecule has 2 saturated heterocycles. The molecule has 0 amide bonds. The number of morpholine rings is 1. The van der Waals surface area contributed by atoms with Gasteiger partial charge in [-0.2, -0.15) is 4.31 Å². The average Bonchev–Trinajstić information content (AvgIpc) is 3.38. The fourth-order valence-electron chi connectivity index (χ4n) is 5.33. The van der Waals surface area contributed by atoms with Crippen molar-refractivity contribution in [2.75, 3.05) is 46.4 Å². The van der Waals surface area contributed by atoms with Crippen molar-refractivity contribution < 1.29 is 17.9 Å². The van der Waals surface area contributed by atoms with Gasteiger partial charge in [-0.15, -0.1) is 5.10 Å². The first-order valence-corrected chi connectivity index (χ1v) is 14.2. The van der Waals surface area contributed by atoms with Crippen molar-refractivity contribution in [2.45, 2.75) is 50.5 Å². The molecule has 5 rings (SSSR count). The number of H-pyrrole nitrogens is 1. The van der Waals surface area contributed by atoms with Gasteiger partial charge in [0.1, 0.15) is 11.6 Å². The van der Waals surface area contributed by atoms with Gasteiger partial charge in [0.15, 0.2) is 11.3 Å². The predicted molar refractivity (Wildman–Crippen MR) is 139 cm³/mol. The molecule has 1 atom stereocenters. The first kappa shape index (κ1) is 25.8. The van der Waals surface area contributed by atoms with Crippen molar-refractivity contribution in [3.8, 4) is 17.1 Å². The summed E-state index contributed by atoms with van der Waals surface area (Å²) in [6, 6.07) is 4.71. The highest BCUT2D eigenvalue weighted by atomic mass is 32.2. The Morgan fingerprint density at radius 1 is 1.22 bits per heavy atom. The number of nitrogens with zero attached hydrogens (tertiary/aromatic N) is 5. The highest BCUT2D eigenvalue weighted by Crippen LogP contribution is 2.34. The number of imidazole rings is 1. The third-order valence-corrected chi connectivity index (χ3v) is 8.92. The number of aryl methyl sites for hydroxylation is 2. The molecule has 1 unspecified atom stereocenters. The van der Waals surface area contributed by atoms with E-state index in [1.807, 2.05) is 20.9 Å². The monoisotopic (exact) mass is 530 g/mol. The van der Waals surface area contributed by atoms with E-state index >= 15 is 0 Å². The molecule has 3 aromatic rings. The number of hydrogen-bond donors (Lipinski definition) is 1. The third kappa shape index (κ3) is 4.67. The largest absolute Gasteiger partial charge is 0.493 e. The van der Waals surface area contributed by atoms with E-state index in [2.05, 4.69) is 20.0 Å². The van der Waals surface area contributed by atoms with Crippen LogP contribution in [0, 0.1) is 6.92 Å². The maximum absolute atomic E-state index is 13.8. The molecule has 12 heteroatoms. The van der Waals surface area contributed by atoms with Gasteiger partial charge in [-0.1, -0.05) is 6.92 Å². The number of aromatic amines is 1. The number of hydrogen-bond acceptors (Lipinski definition) is 8. The lowest BCUT2D eigenvalue weighted by Gasteiger charge is -2.39. The van der Waals surface area contributed by atoms with E-state index in [4.69, 9.17) is 9.47 Å². The molecule has 2 aliphatic rings. The first-order chi connectivity index (χ1) is 17.7. The summed E-state index contributed by atoms with van der Waals surface area (Å²) in [4.78, 5) is 22.7. The van der Waals surface area contributed by atoms with Crippen LogP contribution in [0.2, 0.25) is 0 Å². The van der Waals surface area contributed by atoms with E-state index in [9.17, 15) is 13.2 Å². The Morgan fingerprint density at radius 2 is 2.03 bits per heavy atom. The Hall–Kier alpha value is -2.80. The zero-order valence-electron chi connectivity index (χ0n) is 21.8. The van der Waals surface area contributed by atoms with Gasteiger partial charge in [0.25, 0.3) is 5.56 Å². The number of sulfonamides is 1. The molecule has 1 aromatic carbocycles. The van der Waals surface area contributed by atoms with E-state index < -0.39 is 15.6 Å². The van der Waals surface area contributed by atoms with Crippen LogP contribution in [0.15, 0.2) is 27.9 Å². The fraction of sp³-hybridized carbons (Fsp3) is 0.560. The molecule has 2 aliphatic heterocycles. The number of benzene rings is 1. The van der Waals surface area contributed by atoms with E-state index in [0.29, 0.717) is 61.1 Å². The van der Waals surface area contributed by atoms with Crippen LogP contribution in [-0.4, -0.2) is 89.2 Å². The van der Waals surface area contributed by atoms with E-state index in [0.717, 1.165) is 19.4 Å². The quantitative estimate of drug-likeness (QED) is 0.491. The van der Waals surface area contributed by atoms with Gasteiger partial charge >= 0.3 is 0 Å². The maximum Gasteiger partial charge on any atom is 0.277 e. The number of rotatable bonds is 7. The Kier molecular flexibility index (Phi) is 6.86. The van der Waals surface area contributed by atoms with Crippen molar-refractivity contribution in [2.24, 2.45) is 0 Å². The number of nitrogens with one attached hydrogen (secondary N) is 1. The molecule has 1 spiro atoms. The highest BCUT2D eigenvalue weighted by molar-refractivity contribution is 7.89. The maximum atomic E-state index is 13.8. The van der Waals surface area contributed by atoms with Gasteiger partial charge in [0, 0.05) is 32.6 Å². The summed E-state index contributed by atoms with van der Waals surface area (Å²) in [6.45, 7) is 8.53.